The number of anilines is 3. The summed E-state index contributed by atoms with van der Waals surface area (Å²) in [5.41, 5.74) is 3.07. The molecule has 0 aliphatic carbocycles. The lowest BCUT2D eigenvalue weighted by atomic mass is 10.2. The molecule has 1 fully saturated rings. The molecule has 0 unspecified atom stereocenters. The number of ether oxygens (including phenoxy) is 1. The summed E-state index contributed by atoms with van der Waals surface area (Å²) in [5.74, 6) is 0.823. The van der Waals surface area contributed by atoms with E-state index in [9.17, 15) is 0 Å². The summed E-state index contributed by atoms with van der Waals surface area (Å²) < 4.78 is 5.38. The first-order valence-electron chi connectivity index (χ1n) is 8.99. The van der Waals surface area contributed by atoms with Crippen molar-refractivity contribution in [2.45, 2.75) is 0 Å². The molecular formula is C20H23N5O. The van der Waals surface area contributed by atoms with Crippen LogP contribution in [0.5, 0.6) is 0 Å². The summed E-state index contributed by atoms with van der Waals surface area (Å²) in [5, 5.41) is 7.87. The van der Waals surface area contributed by atoms with E-state index in [1.807, 2.05) is 24.3 Å². The molecule has 1 aromatic heterocycles. The van der Waals surface area contributed by atoms with Crippen molar-refractivity contribution in [1.29, 1.82) is 0 Å². The molecule has 0 saturated carbocycles. The molecule has 2 aromatic carbocycles. The number of fused-ring (bicyclic) bond motifs is 1. The van der Waals surface area contributed by atoms with E-state index in [0.717, 1.165) is 67.5 Å². The number of nitrogens with one attached hydrogen (secondary N) is 2. The van der Waals surface area contributed by atoms with Crippen molar-refractivity contribution >= 4 is 28.1 Å². The number of rotatable bonds is 6. The number of morpholine rings is 1. The van der Waals surface area contributed by atoms with Crippen molar-refractivity contribution in [1.82, 2.24) is 14.9 Å². The van der Waals surface area contributed by atoms with E-state index in [4.69, 9.17) is 4.74 Å². The number of para-hydroxylation sites is 1. The van der Waals surface area contributed by atoms with E-state index < -0.39 is 0 Å². The van der Waals surface area contributed by atoms with Gasteiger partial charge in [-0.25, -0.2) is 9.97 Å². The highest BCUT2D eigenvalue weighted by Gasteiger charge is 2.09. The van der Waals surface area contributed by atoms with E-state index >= 15 is 0 Å². The van der Waals surface area contributed by atoms with E-state index in [1.165, 1.54) is 0 Å². The topological polar surface area (TPSA) is 62.3 Å². The second kappa shape index (κ2) is 8.12. The zero-order chi connectivity index (χ0) is 17.6. The van der Waals surface area contributed by atoms with E-state index in [0.29, 0.717) is 0 Å². The van der Waals surface area contributed by atoms with Crippen LogP contribution in [0.25, 0.3) is 10.9 Å². The summed E-state index contributed by atoms with van der Waals surface area (Å²) in [7, 11) is 0. The van der Waals surface area contributed by atoms with Crippen LogP contribution in [0.1, 0.15) is 0 Å². The first-order chi connectivity index (χ1) is 12.9. The molecule has 1 saturated heterocycles. The zero-order valence-electron chi connectivity index (χ0n) is 14.7. The minimum atomic E-state index is 0.823. The molecule has 134 valence electrons. The standard InChI is InChI=1S/C20H23N5O/c1-2-4-19-18(3-1)20(23-15-22-19)24-17-7-5-16(6-8-17)21-9-10-25-11-13-26-14-12-25/h1-8,15,21H,9-14H2,(H,22,23,24). The predicted molar refractivity (Wildman–Crippen MR) is 105 cm³/mol. The fourth-order valence-electron chi connectivity index (χ4n) is 3.10. The van der Waals surface area contributed by atoms with Crippen LogP contribution in [-0.4, -0.2) is 54.3 Å². The average Bonchev–Trinajstić information content (AvgIpc) is 2.70. The number of nitrogens with zero attached hydrogens (tertiary/aromatic N) is 3. The summed E-state index contributed by atoms with van der Waals surface area (Å²) in [6, 6.07) is 16.3. The molecule has 2 N–H and O–H groups in total. The summed E-state index contributed by atoms with van der Waals surface area (Å²) >= 11 is 0. The molecule has 3 aromatic rings. The lowest BCUT2D eigenvalue weighted by Crippen LogP contribution is -2.38. The van der Waals surface area contributed by atoms with Crippen molar-refractivity contribution in [2.24, 2.45) is 0 Å². The van der Waals surface area contributed by atoms with Gasteiger partial charge in [-0.15, -0.1) is 0 Å². The summed E-state index contributed by atoms with van der Waals surface area (Å²) in [4.78, 5) is 11.1. The maximum absolute atomic E-state index is 5.38. The molecule has 0 bridgehead atoms. The highest BCUT2D eigenvalue weighted by atomic mass is 16.5. The number of aromatic nitrogens is 2. The molecule has 2 heterocycles. The molecule has 0 spiro atoms. The molecular weight excluding hydrogens is 326 g/mol. The van der Waals surface area contributed by atoms with Crippen LogP contribution < -0.4 is 10.6 Å². The van der Waals surface area contributed by atoms with E-state index in [-0.39, 0.29) is 0 Å². The van der Waals surface area contributed by atoms with Crippen LogP contribution in [-0.2, 0) is 4.74 Å². The van der Waals surface area contributed by atoms with Crippen molar-refractivity contribution in [3.8, 4) is 0 Å². The van der Waals surface area contributed by atoms with Gasteiger partial charge in [0.25, 0.3) is 0 Å². The minimum Gasteiger partial charge on any atom is -0.384 e. The Morgan fingerprint density at radius 1 is 0.923 bits per heavy atom. The van der Waals surface area contributed by atoms with Gasteiger partial charge in [0.05, 0.1) is 18.7 Å². The number of hydrogen-bond donors (Lipinski definition) is 2. The normalized spacial score (nSPS) is 15.1. The molecule has 0 radical (unpaired) electrons. The number of benzene rings is 2. The van der Waals surface area contributed by atoms with Gasteiger partial charge in [-0.3, -0.25) is 4.90 Å². The van der Waals surface area contributed by atoms with Crippen molar-refractivity contribution < 1.29 is 4.74 Å². The van der Waals surface area contributed by atoms with Crippen molar-refractivity contribution in [3.63, 3.8) is 0 Å². The molecule has 1 aliphatic rings. The lowest BCUT2D eigenvalue weighted by Gasteiger charge is -2.26. The van der Waals surface area contributed by atoms with Crippen molar-refractivity contribution in [2.75, 3.05) is 50.0 Å². The summed E-state index contributed by atoms with van der Waals surface area (Å²) in [6.07, 6.45) is 1.59. The Morgan fingerprint density at radius 2 is 1.69 bits per heavy atom. The largest absolute Gasteiger partial charge is 0.384 e. The van der Waals surface area contributed by atoms with Crippen LogP contribution >= 0.6 is 0 Å². The molecule has 1 aliphatic heterocycles. The first kappa shape index (κ1) is 16.8. The van der Waals surface area contributed by atoms with E-state index in [1.54, 1.807) is 6.33 Å². The SMILES string of the molecule is c1ccc2c(Nc3ccc(NCCN4CCOCC4)cc3)ncnc2c1. The third kappa shape index (κ3) is 4.09. The zero-order valence-corrected chi connectivity index (χ0v) is 14.7. The maximum atomic E-state index is 5.38. The Bertz CT molecular complexity index is 841. The molecule has 26 heavy (non-hydrogen) atoms. The molecule has 4 rings (SSSR count). The summed E-state index contributed by atoms with van der Waals surface area (Å²) in [6.45, 7) is 5.71. The fraction of sp³-hybridized carbons (Fsp3) is 0.300. The Morgan fingerprint density at radius 3 is 2.54 bits per heavy atom. The smallest absolute Gasteiger partial charge is 0.141 e. The van der Waals surface area contributed by atoms with Gasteiger partial charge in [-0.1, -0.05) is 12.1 Å². The third-order valence-electron chi connectivity index (χ3n) is 4.55. The predicted octanol–water partition coefficient (Wildman–Crippen LogP) is 3.12. The van der Waals surface area contributed by atoms with Crippen LogP contribution in [0.15, 0.2) is 54.9 Å². The van der Waals surface area contributed by atoms with Crippen LogP contribution in [0, 0.1) is 0 Å². The minimum absolute atomic E-state index is 0.823. The second-order valence-corrected chi connectivity index (χ2v) is 6.32. The Balaban J connectivity index is 1.35. The highest BCUT2D eigenvalue weighted by molar-refractivity contribution is 5.90. The molecule has 0 amide bonds. The third-order valence-corrected chi connectivity index (χ3v) is 4.55. The molecule has 0 atom stereocenters. The molecule has 6 nitrogen and oxygen atoms in total. The van der Waals surface area contributed by atoms with Gasteiger partial charge in [0, 0.05) is 42.9 Å². The Labute approximate surface area is 153 Å². The quantitative estimate of drug-likeness (QED) is 0.713. The first-order valence-corrected chi connectivity index (χ1v) is 8.99. The van der Waals surface area contributed by atoms with Gasteiger partial charge in [0.15, 0.2) is 0 Å². The van der Waals surface area contributed by atoms with Gasteiger partial charge < -0.3 is 15.4 Å². The Hall–Kier alpha value is -2.70. The highest BCUT2D eigenvalue weighted by Crippen LogP contribution is 2.23. The lowest BCUT2D eigenvalue weighted by molar-refractivity contribution is 0.0398. The van der Waals surface area contributed by atoms with Crippen LogP contribution in [0.3, 0.4) is 0 Å². The van der Waals surface area contributed by atoms with Gasteiger partial charge >= 0.3 is 0 Å². The van der Waals surface area contributed by atoms with Crippen molar-refractivity contribution in [3.05, 3.63) is 54.9 Å². The van der Waals surface area contributed by atoms with E-state index in [2.05, 4.69) is 49.8 Å². The van der Waals surface area contributed by atoms with Gasteiger partial charge in [0.1, 0.15) is 12.1 Å². The molecule has 6 heteroatoms. The Kier molecular flexibility index (Phi) is 5.23. The monoisotopic (exact) mass is 349 g/mol. The fourth-order valence-corrected chi connectivity index (χ4v) is 3.10. The number of hydrogen-bond acceptors (Lipinski definition) is 6. The van der Waals surface area contributed by atoms with Gasteiger partial charge in [-0.05, 0) is 36.4 Å². The van der Waals surface area contributed by atoms with Gasteiger partial charge in [-0.2, -0.15) is 0 Å². The van der Waals surface area contributed by atoms with Crippen LogP contribution in [0.2, 0.25) is 0 Å². The van der Waals surface area contributed by atoms with Gasteiger partial charge in [0.2, 0.25) is 0 Å². The maximum Gasteiger partial charge on any atom is 0.141 e. The second-order valence-electron chi connectivity index (χ2n) is 6.32. The van der Waals surface area contributed by atoms with Crippen LogP contribution in [0.4, 0.5) is 17.2 Å². The average molecular weight is 349 g/mol.